The van der Waals surface area contributed by atoms with Crippen LogP contribution in [0.1, 0.15) is 18.4 Å². The summed E-state index contributed by atoms with van der Waals surface area (Å²) in [7, 11) is 4.09. The maximum Gasteiger partial charge on any atom is 0.374 e. The van der Waals surface area contributed by atoms with Crippen molar-refractivity contribution in [3.63, 3.8) is 0 Å². The molecular weight excluding hydrogens is 399 g/mol. The number of anilines is 1. The van der Waals surface area contributed by atoms with Crippen molar-refractivity contribution < 1.29 is 33.0 Å². The van der Waals surface area contributed by atoms with E-state index in [0.717, 1.165) is 29.1 Å². The molecule has 23 heavy (non-hydrogen) atoms. The highest BCUT2D eigenvalue weighted by Gasteiger charge is 2.17. The minimum atomic E-state index is 0. The standard InChI is InChI=1S/C19H21N2O.HI/c1-4-21-17-7-5-6-8-18(17)22-19(21)14-11-15-9-12-16(13-10-15)20(2)3;/h5-14H,4H2,1-3H3;1H/q+1;/p-1. The topological polar surface area (TPSA) is 20.3 Å². The highest BCUT2D eigenvalue weighted by Crippen LogP contribution is 2.17. The number of para-hydroxylation sites is 2. The second kappa shape index (κ2) is 7.64. The first-order chi connectivity index (χ1) is 10.7. The van der Waals surface area contributed by atoms with E-state index in [9.17, 15) is 0 Å². The lowest BCUT2D eigenvalue weighted by molar-refractivity contribution is -0.674. The highest BCUT2D eigenvalue weighted by molar-refractivity contribution is 5.72. The van der Waals surface area contributed by atoms with Gasteiger partial charge >= 0.3 is 5.89 Å². The van der Waals surface area contributed by atoms with Crippen molar-refractivity contribution in [1.82, 2.24) is 0 Å². The van der Waals surface area contributed by atoms with Crippen LogP contribution in [0.2, 0.25) is 0 Å². The van der Waals surface area contributed by atoms with E-state index in [1.54, 1.807) is 0 Å². The third-order valence-corrected chi connectivity index (χ3v) is 3.78. The minimum Gasteiger partial charge on any atom is -1.00 e. The summed E-state index contributed by atoms with van der Waals surface area (Å²) in [5, 5.41) is 0. The largest absolute Gasteiger partial charge is 1.00 e. The number of hydrogen-bond acceptors (Lipinski definition) is 2. The lowest BCUT2D eigenvalue weighted by Gasteiger charge is -2.11. The van der Waals surface area contributed by atoms with E-state index in [1.165, 1.54) is 5.69 Å². The second-order valence-electron chi connectivity index (χ2n) is 5.47. The molecule has 0 fully saturated rings. The Morgan fingerprint density at radius 1 is 1.00 bits per heavy atom. The van der Waals surface area contributed by atoms with Crippen molar-refractivity contribution in [3.8, 4) is 0 Å². The Bertz CT molecular complexity index is 804. The van der Waals surface area contributed by atoms with Crippen molar-refractivity contribution >= 4 is 28.9 Å². The zero-order valence-corrected chi connectivity index (χ0v) is 15.8. The molecule has 0 bridgehead atoms. The molecule has 2 aromatic carbocycles. The van der Waals surface area contributed by atoms with Crippen LogP contribution in [0.25, 0.3) is 23.3 Å². The van der Waals surface area contributed by atoms with E-state index >= 15 is 0 Å². The minimum absolute atomic E-state index is 0. The van der Waals surface area contributed by atoms with Gasteiger partial charge in [-0.3, -0.25) is 0 Å². The molecule has 0 unspecified atom stereocenters. The zero-order valence-electron chi connectivity index (χ0n) is 13.7. The molecule has 0 saturated carbocycles. The van der Waals surface area contributed by atoms with E-state index in [-0.39, 0.29) is 24.0 Å². The summed E-state index contributed by atoms with van der Waals surface area (Å²) in [5.41, 5.74) is 4.41. The summed E-state index contributed by atoms with van der Waals surface area (Å²) in [6.07, 6.45) is 4.12. The normalized spacial score (nSPS) is 10.9. The number of aromatic nitrogens is 1. The molecule has 3 aromatic rings. The average molecular weight is 420 g/mol. The van der Waals surface area contributed by atoms with Crippen LogP contribution < -0.4 is 33.4 Å². The first-order valence-electron chi connectivity index (χ1n) is 7.56. The number of halogens is 1. The Morgan fingerprint density at radius 2 is 1.70 bits per heavy atom. The van der Waals surface area contributed by atoms with E-state index in [0.29, 0.717) is 0 Å². The third kappa shape index (κ3) is 3.75. The Morgan fingerprint density at radius 3 is 2.35 bits per heavy atom. The van der Waals surface area contributed by atoms with Crippen molar-refractivity contribution in [2.45, 2.75) is 13.5 Å². The predicted octanol–water partition coefficient (Wildman–Crippen LogP) is 0.981. The van der Waals surface area contributed by atoms with E-state index in [1.807, 2.05) is 38.4 Å². The van der Waals surface area contributed by atoms with Crippen LogP contribution in [0.3, 0.4) is 0 Å². The fourth-order valence-corrected chi connectivity index (χ4v) is 2.55. The van der Waals surface area contributed by atoms with Gasteiger partial charge in [0.1, 0.15) is 6.54 Å². The quantitative estimate of drug-likeness (QED) is 0.464. The summed E-state index contributed by atoms with van der Waals surface area (Å²) in [6.45, 7) is 3.02. The number of hydrogen-bond donors (Lipinski definition) is 0. The maximum absolute atomic E-state index is 5.94. The smallest absolute Gasteiger partial charge is 0.374 e. The summed E-state index contributed by atoms with van der Waals surface area (Å²) < 4.78 is 8.12. The summed E-state index contributed by atoms with van der Waals surface area (Å²) >= 11 is 0. The van der Waals surface area contributed by atoms with Gasteiger partial charge in [-0.1, -0.05) is 24.3 Å². The molecule has 0 N–H and O–H groups in total. The van der Waals surface area contributed by atoms with Gasteiger partial charge in [-0.25, -0.2) is 0 Å². The van der Waals surface area contributed by atoms with Crippen LogP contribution in [0, 0.1) is 0 Å². The maximum atomic E-state index is 5.94. The monoisotopic (exact) mass is 420 g/mol. The molecule has 3 nitrogen and oxygen atoms in total. The van der Waals surface area contributed by atoms with Gasteiger partial charge in [0.25, 0.3) is 5.52 Å². The fraction of sp³-hybridized carbons (Fsp3) is 0.211. The molecule has 0 radical (unpaired) electrons. The van der Waals surface area contributed by atoms with Gasteiger partial charge in [0.2, 0.25) is 5.58 Å². The van der Waals surface area contributed by atoms with Crippen molar-refractivity contribution in [1.29, 1.82) is 0 Å². The SMILES string of the molecule is CC[n+]1c(/C=C/c2ccc(N(C)C)cc2)oc2ccccc21.[I-]. The summed E-state index contributed by atoms with van der Waals surface area (Å²) in [5.74, 6) is 0.875. The molecule has 0 aliphatic carbocycles. The number of aryl methyl sites for hydroxylation is 1. The van der Waals surface area contributed by atoms with Crippen molar-refractivity contribution in [2.75, 3.05) is 19.0 Å². The molecule has 0 aliphatic heterocycles. The first-order valence-corrected chi connectivity index (χ1v) is 7.56. The number of fused-ring (bicyclic) bond motifs is 1. The Balaban J connectivity index is 0.00000192. The lowest BCUT2D eigenvalue weighted by Crippen LogP contribution is -3.00. The number of rotatable bonds is 4. The summed E-state index contributed by atoms with van der Waals surface area (Å²) in [6, 6.07) is 16.6. The second-order valence-corrected chi connectivity index (χ2v) is 5.47. The number of oxazole rings is 1. The van der Waals surface area contributed by atoms with Gasteiger partial charge in [-0.2, -0.15) is 4.57 Å². The van der Waals surface area contributed by atoms with Crippen LogP contribution >= 0.6 is 0 Å². The molecule has 0 spiro atoms. The van der Waals surface area contributed by atoms with E-state index in [2.05, 4.69) is 52.8 Å². The van der Waals surface area contributed by atoms with Gasteiger partial charge in [-0.05, 0) is 36.8 Å². The molecule has 120 valence electrons. The van der Waals surface area contributed by atoms with Gasteiger partial charge in [0.05, 0.1) is 6.08 Å². The lowest BCUT2D eigenvalue weighted by atomic mass is 10.2. The third-order valence-electron chi connectivity index (χ3n) is 3.78. The van der Waals surface area contributed by atoms with Crippen LogP contribution in [0.4, 0.5) is 5.69 Å². The summed E-state index contributed by atoms with van der Waals surface area (Å²) in [4.78, 5) is 2.10. The molecule has 4 heteroatoms. The van der Waals surface area contributed by atoms with E-state index < -0.39 is 0 Å². The molecule has 0 atom stereocenters. The molecule has 1 aromatic heterocycles. The first kappa shape index (κ1) is 17.5. The van der Waals surface area contributed by atoms with Crippen LogP contribution in [0.15, 0.2) is 52.9 Å². The molecular formula is C19H21IN2O. The van der Waals surface area contributed by atoms with Gasteiger partial charge in [-0.15, -0.1) is 0 Å². The predicted molar refractivity (Wildman–Crippen MR) is 91.8 cm³/mol. The Labute approximate surface area is 154 Å². The van der Waals surface area contributed by atoms with Crippen LogP contribution in [-0.2, 0) is 6.54 Å². The number of benzene rings is 2. The zero-order chi connectivity index (χ0) is 15.5. The number of nitrogens with zero attached hydrogens (tertiary/aromatic N) is 2. The average Bonchev–Trinajstić information content (AvgIpc) is 2.90. The van der Waals surface area contributed by atoms with E-state index in [4.69, 9.17) is 4.42 Å². The van der Waals surface area contributed by atoms with Gasteiger partial charge in [0.15, 0.2) is 0 Å². The fourth-order valence-electron chi connectivity index (χ4n) is 2.55. The van der Waals surface area contributed by atoms with Gasteiger partial charge in [0, 0.05) is 25.8 Å². The Hall–Kier alpha value is -1.82. The molecule has 0 amide bonds. The van der Waals surface area contributed by atoms with Crippen molar-refractivity contribution in [2.24, 2.45) is 0 Å². The van der Waals surface area contributed by atoms with Crippen LogP contribution in [-0.4, -0.2) is 14.1 Å². The molecule has 0 saturated heterocycles. The molecule has 3 rings (SSSR count). The highest BCUT2D eigenvalue weighted by atomic mass is 127. The molecule has 0 aliphatic rings. The Kier molecular flexibility index (Phi) is 5.82. The van der Waals surface area contributed by atoms with Crippen LogP contribution in [0.5, 0.6) is 0 Å². The molecule has 1 heterocycles. The van der Waals surface area contributed by atoms with Gasteiger partial charge < -0.3 is 33.3 Å². The van der Waals surface area contributed by atoms with Crippen molar-refractivity contribution in [3.05, 3.63) is 60.0 Å².